The van der Waals surface area contributed by atoms with Crippen LogP contribution in [0.5, 0.6) is 0 Å². The number of carbonyl (C=O) groups is 2. The second-order valence-corrected chi connectivity index (χ2v) is 10.1. The quantitative estimate of drug-likeness (QED) is 0.578. The molecular weight excluding hydrogens is 328 g/mol. The van der Waals surface area contributed by atoms with Gasteiger partial charge in [0, 0.05) is 12.3 Å². The molecule has 4 aliphatic carbocycles. The molecule has 0 unspecified atom stereocenters. The van der Waals surface area contributed by atoms with Gasteiger partial charge in [-0.05, 0) is 75.0 Å². The molecule has 0 amide bonds. The van der Waals surface area contributed by atoms with Gasteiger partial charge in [-0.15, -0.1) is 0 Å². The highest BCUT2D eigenvalue weighted by molar-refractivity contribution is 5.75. The van der Waals surface area contributed by atoms with E-state index in [9.17, 15) is 14.7 Å². The van der Waals surface area contributed by atoms with E-state index in [0.29, 0.717) is 18.3 Å². The third-order valence-electron chi connectivity index (χ3n) is 8.92. The van der Waals surface area contributed by atoms with E-state index < -0.39 is 11.4 Å². The summed E-state index contributed by atoms with van der Waals surface area (Å²) in [4.78, 5) is 24.2. The lowest BCUT2D eigenvalue weighted by Gasteiger charge is -2.65. The number of allylic oxidation sites excluding steroid dienone is 1. The molecule has 4 fully saturated rings. The summed E-state index contributed by atoms with van der Waals surface area (Å²) < 4.78 is 5.92. The molecule has 0 radical (unpaired) electrons. The number of rotatable bonds is 2. The monoisotopic (exact) mass is 360 g/mol. The van der Waals surface area contributed by atoms with Gasteiger partial charge in [0.1, 0.15) is 6.10 Å². The summed E-state index contributed by atoms with van der Waals surface area (Å²) >= 11 is 0. The first-order chi connectivity index (χ1) is 12.1. The van der Waals surface area contributed by atoms with Crippen LogP contribution >= 0.6 is 0 Å². The minimum absolute atomic E-state index is 0.0115. The van der Waals surface area contributed by atoms with Gasteiger partial charge in [0.25, 0.3) is 0 Å². The van der Waals surface area contributed by atoms with Crippen LogP contribution in [0, 0.1) is 34.0 Å². The van der Waals surface area contributed by atoms with Gasteiger partial charge in [0.15, 0.2) is 0 Å². The minimum Gasteiger partial charge on any atom is -0.481 e. The summed E-state index contributed by atoms with van der Waals surface area (Å²) in [6.07, 6.45) is 7.62. The lowest BCUT2D eigenvalue weighted by molar-refractivity contribution is -0.218. The molecule has 0 aromatic carbocycles. The summed E-state index contributed by atoms with van der Waals surface area (Å²) in [5.41, 5.74) is 0.591. The predicted octanol–water partition coefficient (Wildman–Crippen LogP) is 4.58. The Kier molecular flexibility index (Phi) is 3.88. The molecule has 0 aromatic rings. The van der Waals surface area contributed by atoms with Crippen molar-refractivity contribution in [1.29, 1.82) is 0 Å². The Morgan fingerprint density at radius 3 is 2.58 bits per heavy atom. The van der Waals surface area contributed by atoms with E-state index in [0.717, 1.165) is 44.9 Å². The largest absolute Gasteiger partial charge is 0.481 e. The molecule has 1 spiro atoms. The fraction of sp³-hybridized carbons (Fsp3) is 0.818. The third kappa shape index (κ3) is 2.20. The Bertz CT molecular complexity index is 669. The maximum absolute atomic E-state index is 12.2. The van der Waals surface area contributed by atoms with E-state index in [1.54, 1.807) is 0 Å². The van der Waals surface area contributed by atoms with Gasteiger partial charge in [-0.25, -0.2) is 0 Å². The van der Waals surface area contributed by atoms with Crippen LogP contribution in [0.15, 0.2) is 12.2 Å². The van der Waals surface area contributed by atoms with Crippen molar-refractivity contribution in [2.45, 2.75) is 78.2 Å². The van der Waals surface area contributed by atoms with Crippen LogP contribution in [-0.2, 0) is 14.3 Å². The minimum atomic E-state index is -0.723. The number of aliphatic carboxylic acids is 1. The van der Waals surface area contributed by atoms with Crippen LogP contribution in [0.1, 0.15) is 72.1 Å². The van der Waals surface area contributed by atoms with Crippen LogP contribution in [-0.4, -0.2) is 23.1 Å². The molecule has 0 saturated heterocycles. The molecule has 4 nitrogen and oxygen atoms in total. The van der Waals surface area contributed by atoms with Gasteiger partial charge in [0.05, 0.1) is 5.41 Å². The average Bonchev–Trinajstić information content (AvgIpc) is 2.79. The fourth-order valence-corrected chi connectivity index (χ4v) is 7.86. The number of esters is 1. The predicted molar refractivity (Wildman–Crippen MR) is 98.4 cm³/mol. The topological polar surface area (TPSA) is 63.6 Å². The Morgan fingerprint density at radius 2 is 1.92 bits per heavy atom. The van der Waals surface area contributed by atoms with Crippen molar-refractivity contribution < 1.29 is 19.4 Å². The van der Waals surface area contributed by atoms with E-state index in [4.69, 9.17) is 4.74 Å². The number of carboxylic acid groups (broad SMARTS) is 1. The summed E-state index contributed by atoms with van der Waals surface area (Å²) in [6, 6.07) is 0. The third-order valence-corrected chi connectivity index (χ3v) is 8.92. The van der Waals surface area contributed by atoms with Gasteiger partial charge < -0.3 is 9.84 Å². The van der Waals surface area contributed by atoms with E-state index in [-0.39, 0.29) is 28.8 Å². The molecule has 144 valence electrons. The van der Waals surface area contributed by atoms with Gasteiger partial charge in [0.2, 0.25) is 0 Å². The number of hydrogen-bond donors (Lipinski definition) is 1. The van der Waals surface area contributed by atoms with E-state index >= 15 is 0 Å². The van der Waals surface area contributed by atoms with Crippen molar-refractivity contribution in [2.24, 2.45) is 34.0 Å². The SMILES string of the molecule is C=C1C[C@]23C[C@H]1CC[C@H]2[C@]1(C)CCC[C@](C)(C(=O)O)[C@H]1C[C@@H]3OC(C)=O. The van der Waals surface area contributed by atoms with Crippen molar-refractivity contribution in [3.05, 3.63) is 12.2 Å². The molecular formula is C22H32O4. The van der Waals surface area contributed by atoms with Gasteiger partial charge in [-0.2, -0.15) is 0 Å². The summed E-state index contributed by atoms with van der Waals surface area (Å²) in [7, 11) is 0. The number of hydrogen-bond acceptors (Lipinski definition) is 3. The first-order valence-corrected chi connectivity index (χ1v) is 10.2. The Hall–Kier alpha value is -1.32. The van der Waals surface area contributed by atoms with Crippen LogP contribution in [0.4, 0.5) is 0 Å². The Labute approximate surface area is 156 Å². The summed E-state index contributed by atoms with van der Waals surface area (Å²) in [5.74, 6) is 0.118. The molecule has 1 N–H and O–H groups in total. The number of carboxylic acids is 1. The smallest absolute Gasteiger partial charge is 0.309 e. The van der Waals surface area contributed by atoms with Gasteiger partial charge in [-0.1, -0.05) is 25.5 Å². The molecule has 4 rings (SSSR count). The van der Waals surface area contributed by atoms with Gasteiger partial charge >= 0.3 is 11.9 Å². The highest BCUT2D eigenvalue weighted by Gasteiger charge is 2.69. The highest BCUT2D eigenvalue weighted by Crippen LogP contribution is 2.72. The van der Waals surface area contributed by atoms with E-state index in [1.165, 1.54) is 12.5 Å². The molecule has 0 heterocycles. The molecule has 4 aliphatic rings. The number of ether oxygens (including phenoxy) is 1. The maximum atomic E-state index is 12.2. The zero-order chi connectivity index (χ0) is 18.9. The average molecular weight is 360 g/mol. The van der Waals surface area contributed by atoms with Crippen LogP contribution in [0.25, 0.3) is 0 Å². The van der Waals surface area contributed by atoms with Crippen LogP contribution < -0.4 is 0 Å². The van der Waals surface area contributed by atoms with Crippen molar-refractivity contribution in [3.8, 4) is 0 Å². The Morgan fingerprint density at radius 1 is 1.19 bits per heavy atom. The zero-order valence-electron chi connectivity index (χ0n) is 16.3. The Balaban J connectivity index is 1.82. The lowest BCUT2D eigenvalue weighted by atomic mass is 9.40. The van der Waals surface area contributed by atoms with Crippen molar-refractivity contribution in [3.63, 3.8) is 0 Å². The second kappa shape index (κ2) is 5.59. The van der Waals surface area contributed by atoms with Crippen molar-refractivity contribution in [2.75, 3.05) is 0 Å². The second-order valence-electron chi connectivity index (χ2n) is 10.1. The molecule has 2 bridgehead atoms. The summed E-state index contributed by atoms with van der Waals surface area (Å²) in [6.45, 7) is 10.1. The lowest BCUT2D eigenvalue weighted by Crippen LogP contribution is -2.63. The molecule has 4 saturated carbocycles. The maximum Gasteiger partial charge on any atom is 0.309 e. The van der Waals surface area contributed by atoms with E-state index in [2.05, 4.69) is 13.5 Å². The zero-order valence-corrected chi connectivity index (χ0v) is 16.3. The fourth-order valence-electron chi connectivity index (χ4n) is 7.86. The number of carbonyl (C=O) groups excluding carboxylic acids is 1. The molecule has 0 aromatic heterocycles. The number of fused-ring (bicyclic) bond motifs is 3. The standard InChI is InChI=1S/C22H32O4/c1-13-11-22-12-15(13)6-7-16(22)20(3)8-5-9-21(4,19(24)25)17(20)10-18(22)26-14(2)23/h15-18H,1,5-12H2,2-4H3,(H,24,25)/t15-,16+,17+,18+,20+,21+,22+/m1/s1. The highest BCUT2D eigenvalue weighted by atomic mass is 16.5. The van der Waals surface area contributed by atoms with Crippen LogP contribution in [0.3, 0.4) is 0 Å². The molecule has 4 heteroatoms. The van der Waals surface area contributed by atoms with Crippen molar-refractivity contribution in [1.82, 2.24) is 0 Å². The van der Waals surface area contributed by atoms with Crippen molar-refractivity contribution >= 4 is 11.9 Å². The first-order valence-electron chi connectivity index (χ1n) is 10.2. The molecule has 7 atom stereocenters. The van der Waals surface area contributed by atoms with E-state index in [1.807, 2.05) is 6.92 Å². The van der Waals surface area contributed by atoms with Gasteiger partial charge in [-0.3, -0.25) is 9.59 Å². The summed E-state index contributed by atoms with van der Waals surface area (Å²) in [5, 5.41) is 10.1. The molecule has 0 aliphatic heterocycles. The first kappa shape index (κ1) is 18.1. The molecule has 26 heavy (non-hydrogen) atoms. The van der Waals surface area contributed by atoms with Crippen LogP contribution in [0.2, 0.25) is 0 Å². The normalized spacial score (nSPS) is 49.9.